The molecule has 0 radical (unpaired) electrons. The van der Waals surface area contributed by atoms with Gasteiger partial charge in [0.2, 0.25) is 0 Å². The van der Waals surface area contributed by atoms with E-state index in [1.165, 1.54) is 15.2 Å². The highest BCUT2D eigenvalue weighted by atomic mass is 32.2. The van der Waals surface area contributed by atoms with Gasteiger partial charge in [0.1, 0.15) is 10.7 Å². The highest BCUT2D eigenvalue weighted by Gasteiger charge is 2.08. The van der Waals surface area contributed by atoms with Gasteiger partial charge >= 0.3 is 0 Å². The zero-order valence-corrected chi connectivity index (χ0v) is 13.8. The fourth-order valence-corrected chi connectivity index (χ4v) is 4.17. The van der Waals surface area contributed by atoms with E-state index < -0.39 is 0 Å². The lowest BCUT2D eigenvalue weighted by Crippen LogP contribution is -1.87. The summed E-state index contributed by atoms with van der Waals surface area (Å²) in [6.07, 6.45) is 4.05. The zero-order chi connectivity index (χ0) is 15.1. The SMILES string of the molecule is CNc1nc2ccc(Sc3cnc4ccc(C)cn34)cc2s1. The molecule has 0 spiro atoms. The average molecular weight is 326 g/mol. The number of benzene rings is 1. The molecule has 0 aliphatic carbocycles. The maximum absolute atomic E-state index is 4.51. The molecule has 0 aliphatic heterocycles. The Hall–Kier alpha value is -2.05. The number of nitrogens with zero attached hydrogens (tertiary/aromatic N) is 3. The van der Waals surface area contributed by atoms with Crippen LogP contribution in [0.3, 0.4) is 0 Å². The van der Waals surface area contributed by atoms with Crippen molar-refractivity contribution in [1.29, 1.82) is 0 Å². The summed E-state index contributed by atoms with van der Waals surface area (Å²) in [6.45, 7) is 2.09. The number of pyridine rings is 1. The first-order valence-electron chi connectivity index (χ1n) is 6.93. The Morgan fingerprint density at radius 1 is 1.23 bits per heavy atom. The second-order valence-corrected chi connectivity index (χ2v) is 7.16. The number of rotatable bonds is 3. The van der Waals surface area contributed by atoms with Crippen molar-refractivity contribution in [3.63, 3.8) is 0 Å². The van der Waals surface area contributed by atoms with E-state index in [2.05, 4.69) is 57.1 Å². The molecule has 0 atom stereocenters. The predicted molar refractivity (Wildman–Crippen MR) is 93.2 cm³/mol. The summed E-state index contributed by atoms with van der Waals surface area (Å²) in [7, 11) is 1.90. The van der Waals surface area contributed by atoms with Crippen molar-refractivity contribution in [2.75, 3.05) is 12.4 Å². The van der Waals surface area contributed by atoms with Crippen LogP contribution in [-0.4, -0.2) is 21.4 Å². The number of hydrogen-bond acceptors (Lipinski definition) is 5. The van der Waals surface area contributed by atoms with Crippen LogP contribution in [-0.2, 0) is 0 Å². The maximum atomic E-state index is 4.51. The summed E-state index contributed by atoms with van der Waals surface area (Å²) in [5.41, 5.74) is 3.24. The quantitative estimate of drug-likeness (QED) is 0.604. The largest absolute Gasteiger partial charge is 0.365 e. The van der Waals surface area contributed by atoms with Crippen LogP contribution in [0.25, 0.3) is 15.9 Å². The Morgan fingerprint density at radius 2 is 2.14 bits per heavy atom. The smallest absolute Gasteiger partial charge is 0.183 e. The summed E-state index contributed by atoms with van der Waals surface area (Å²) in [6, 6.07) is 10.5. The van der Waals surface area contributed by atoms with E-state index in [4.69, 9.17) is 0 Å². The van der Waals surface area contributed by atoms with Gasteiger partial charge in [-0.2, -0.15) is 0 Å². The summed E-state index contributed by atoms with van der Waals surface area (Å²) in [5, 5.41) is 5.17. The van der Waals surface area contributed by atoms with Crippen molar-refractivity contribution >= 4 is 44.1 Å². The Bertz CT molecular complexity index is 971. The van der Waals surface area contributed by atoms with E-state index in [1.54, 1.807) is 23.1 Å². The van der Waals surface area contributed by atoms with E-state index in [1.807, 2.05) is 19.3 Å². The van der Waals surface area contributed by atoms with E-state index in [-0.39, 0.29) is 0 Å². The van der Waals surface area contributed by atoms with E-state index in [9.17, 15) is 0 Å². The number of hydrogen-bond donors (Lipinski definition) is 1. The Labute approximate surface area is 136 Å². The van der Waals surface area contributed by atoms with Crippen LogP contribution in [0.15, 0.2) is 52.6 Å². The lowest BCUT2D eigenvalue weighted by molar-refractivity contribution is 1.03. The molecule has 0 saturated carbocycles. The van der Waals surface area contributed by atoms with Crippen molar-refractivity contribution < 1.29 is 0 Å². The molecule has 1 aromatic carbocycles. The van der Waals surface area contributed by atoms with Gasteiger partial charge in [-0.25, -0.2) is 9.97 Å². The third-order valence-electron chi connectivity index (χ3n) is 3.42. The first-order chi connectivity index (χ1) is 10.7. The van der Waals surface area contributed by atoms with Crippen molar-refractivity contribution in [1.82, 2.24) is 14.4 Å². The van der Waals surface area contributed by atoms with E-state index in [0.717, 1.165) is 21.3 Å². The molecule has 3 aromatic heterocycles. The average Bonchev–Trinajstić information content (AvgIpc) is 3.11. The van der Waals surface area contributed by atoms with Crippen molar-refractivity contribution in [3.05, 3.63) is 48.3 Å². The minimum atomic E-state index is 0.947. The van der Waals surface area contributed by atoms with Crippen LogP contribution in [0.2, 0.25) is 0 Å². The van der Waals surface area contributed by atoms with Crippen molar-refractivity contribution in [3.8, 4) is 0 Å². The molecule has 22 heavy (non-hydrogen) atoms. The molecule has 4 nitrogen and oxygen atoms in total. The van der Waals surface area contributed by atoms with Crippen LogP contribution in [0, 0.1) is 6.92 Å². The van der Waals surface area contributed by atoms with Crippen LogP contribution >= 0.6 is 23.1 Å². The topological polar surface area (TPSA) is 42.2 Å². The highest BCUT2D eigenvalue weighted by molar-refractivity contribution is 7.99. The number of fused-ring (bicyclic) bond motifs is 2. The van der Waals surface area contributed by atoms with Gasteiger partial charge in [-0.05, 0) is 36.8 Å². The van der Waals surface area contributed by atoms with Crippen LogP contribution in [0.1, 0.15) is 5.56 Å². The molecule has 0 unspecified atom stereocenters. The van der Waals surface area contributed by atoms with Gasteiger partial charge in [0.25, 0.3) is 0 Å². The summed E-state index contributed by atoms with van der Waals surface area (Å²) in [5.74, 6) is 0. The third kappa shape index (κ3) is 2.34. The molecular weight excluding hydrogens is 312 g/mol. The molecule has 0 aliphatic rings. The van der Waals surface area contributed by atoms with Gasteiger partial charge in [0.05, 0.1) is 16.4 Å². The summed E-state index contributed by atoms with van der Waals surface area (Å²) in [4.78, 5) is 10.2. The fraction of sp³-hybridized carbons (Fsp3) is 0.125. The van der Waals surface area contributed by atoms with Crippen LogP contribution in [0.5, 0.6) is 0 Å². The van der Waals surface area contributed by atoms with Gasteiger partial charge < -0.3 is 5.32 Å². The number of aromatic nitrogens is 3. The minimum absolute atomic E-state index is 0.947. The second-order valence-electron chi connectivity index (χ2n) is 5.03. The number of imidazole rings is 1. The maximum Gasteiger partial charge on any atom is 0.183 e. The molecule has 6 heteroatoms. The Kier molecular flexibility index (Phi) is 3.28. The van der Waals surface area contributed by atoms with E-state index >= 15 is 0 Å². The molecule has 0 fully saturated rings. The van der Waals surface area contributed by atoms with Crippen LogP contribution in [0.4, 0.5) is 5.13 Å². The lowest BCUT2D eigenvalue weighted by atomic mass is 10.3. The number of anilines is 1. The molecule has 0 amide bonds. The molecule has 0 bridgehead atoms. The van der Waals surface area contributed by atoms with Gasteiger partial charge in [-0.15, -0.1) is 0 Å². The molecule has 4 rings (SSSR count). The van der Waals surface area contributed by atoms with Gasteiger partial charge in [-0.3, -0.25) is 4.40 Å². The minimum Gasteiger partial charge on any atom is -0.365 e. The lowest BCUT2D eigenvalue weighted by Gasteiger charge is -2.03. The molecule has 3 heterocycles. The number of thiazole rings is 1. The highest BCUT2D eigenvalue weighted by Crippen LogP contribution is 2.33. The number of nitrogens with one attached hydrogen (secondary N) is 1. The Balaban J connectivity index is 1.73. The number of aryl methyl sites for hydroxylation is 1. The van der Waals surface area contributed by atoms with Gasteiger partial charge in [-0.1, -0.05) is 29.2 Å². The normalized spacial score (nSPS) is 11.4. The summed E-state index contributed by atoms with van der Waals surface area (Å²) < 4.78 is 3.33. The molecule has 4 aromatic rings. The zero-order valence-electron chi connectivity index (χ0n) is 12.2. The predicted octanol–water partition coefficient (Wildman–Crippen LogP) is 4.45. The Morgan fingerprint density at radius 3 is 3.00 bits per heavy atom. The second kappa shape index (κ2) is 5.30. The monoisotopic (exact) mass is 326 g/mol. The molecular formula is C16H14N4S2. The van der Waals surface area contributed by atoms with Crippen LogP contribution < -0.4 is 5.32 Å². The third-order valence-corrected chi connectivity index (χ3v) is 5.45. The molecule has 110 valence electrons. The van der Waals surface area contributed by atoms with Gasteiger partial charge in [0, 0.05) is 18.1 Å². The van der Waals surface area contributed by atoms with Crippen molar-refractivity contribution in [2.45, 2.75) is 16.8 Å². The van der Waals surface area contributed by atoms with Gasteiger partial charge in [0.15, 0.2) is 5.13 Å². The first-order valence-corrected chi connectivity index (χ1v) is 8.56. The standard InChI is InChI=1S/C16H14N4S2/c1-10-3-6-14-18-8-15(20(14)9-10)21-11-4-5-12-13(7-11)22-16(17-2)19-12/h3-9H,1-2H3,(H,17,19). The first kappa shape index (κ1) is 13.6. The molecule has 1 N–H and O–H groups in total. The van der Waals surface area contributed by atoms with Crippen molar-refractivity contribution in [2.24, 2.45) is 0 Å². The van der Waals surface area contributed by atoms with E-state index in [0.29, 0.717) is 0 Å². The molecule has 0 saturated heterocycles. The fourth-order valence-electron chi connectivity index (χ4n) is 2.34. The summed E-state index contributed by atoms with van der Waals surface area (Å²) >= 11 is 3.40.